The molecule has 0 radical (unpaired) electrons. The normalized spacial score (nSPS) is 16.9. The van der Waals surface area contributed by atoms with E-state index in [4.69, 9.17) is 4.74 Å². The molecule has 0 aliphatic carbocycles. The van der Waals surface area contributed by atoms with E-state index in [2.05, 4.69) is 6.92 Å². The zero-order valence-electron chi connectivity index (χ0n) is 14.1. The van der Waals surface area contributed by atoms with Crippen molar-refractivity contribution < 1.29 is 13.2 Å². The molecule has 128 valence electrons. The van der Waals surface area contributed by atoms with E-state index < -0.39 is 10.0 Å². The topological polar surface area (TPSA) is 46.6 Å². The molecule has 1 heterocycles. The Morgan fingerprint density at radius 3 is 2.54 bits per heavy atom. The number of para-hydroxylation sites is 1. The van der Waals surface area contributed by atoms with E-state index >= 15 is 0 Å². The molecule has 0 bridgehead atoms. The van der Waals surface area contributed by atoms with Crippen LogP contribution in [0.5, 0.6) is 5.75 Å². The molecule has 0 aromatic heterocycles. The minimum absolute atomic E-state index is 0.0760. The molecule has 3 rings (SSSR count). The van der Waals surface area contributed by atoms with Gasteiger partial charge in [-0.15, -0.1) is 0 Å². The highest BCUT2D eigenvalue weighted by atomic mass is 32.2. The van der Waals surface area contributed by atoms with Gasteiger partial charge in [0.15, 0.2) is 0 Å². The largest absolute Gasteiger partial charge is 0.494 e. The number of benzene rings is 2. The Bertz CT molecular complexity index is 800. The molecule has 1 aliphatic rings. The summed E-state index contributed by atoms with van der Waals surface area (Å²) in [6.45, 7) is 4.70. The SMILES string of the molecule is CCCCOc1ccc(S(=O)(=O)N2c3ccccc3CC2C)cc1. The van der Waals surface area contributed by atoms with Crippen LogP contribution >= 0.6 is 0 Å². The first-order valence-corrected chi connectivity index (χ1v) is 9.83. The maximum atomic E-state index is 13.1. The summed E-state index contributed by atoms with van der Waals surface area (Å²) in [6.07, 6.45) is 2.80. The standard InChI is InChI=1S/C19H23NO3S/c1-3-4-13-23-17-9-11-18(12-10-17)24(21,22)20-15(2)14-16-7-5-6-8-19(16)20/h5-12,15H,3-4,13-14H2,1-2H3. The van der Waals surface area contributed by atoms with Crippen molar-refractivity contribution in [2.45, 2.75) is 44.0 Å². The predicted octanol–water partition coefficient (Wildman–Crippen LogP) is 4.01. The van der Waals surface area contributed by atoms with Crippen molar-refractivity contribution in [3.63, 3.8) is 0 Å². The van der Waals surface area contributed by atoms with Crippen LogP contribution in [0.1, 0.15) is 32.3 Å². The van der Waals surface area contributed by atoms with Crippen LogP contribution in [0.2, 0.25) is 0 Å². The first-order chi connectivity index (χ1) is 11.5. The van der Waals surface area contributed by atoms with Crippen LogP contribution in [0.25, 0.3) is 0 Å². The molecule has 0 saturated carbocycles. The number of ether oxygens (including phenoxy) is 1. The summed E-state index contributed by atoms with van der Waals surface area (Å²) < 4.78 is 33.3. The van der Waals surface area contributed by atoms with Crippen LogP contribution in [0, 0.1) is 0 Å². The van der Waals surface area contributed by atoms with Crippen molar-refractivity contribution in [1.29, 1.82) is 0 Å². The minimum Gasteiger partial charge on any atom is -0.494 e. The van der Waals surface area contributed by atoms with Gasteiger partial charge in [0, 0.05) is 6.04 Å². The third-order valence-corrected chi connectivity index (χ3v) is 6.23. The Balaban J connectivity index is 1.86. The van der Waals surface area contributed by atoms with Crippen molar-refractivity contribution in [2.24, 2.45) is 0 Å². The highest BCUT2D eigenvalue weighted by molar-refractivity contribution is 7.92. The van der Waals surface area contributed by atoms with Gasteiger partial charge in [-0.25, -0.2) is 8.42 Å². The van der Waals surface area contributed by atoms with Crippen LogP contribution in [0.3, 0.4) is 0 Å². The second-order valence-corrected chi connectivity index (χ2v) is 7.97. The Morgan fingerprint density at radius 1 is 1.12 bits per heavy atom. The highest BCUT2D eigenvalue weighted by Gasteiger charge is 2.35. The third kappa shape index (κ3) is 3.13. The Hall–Kier alpha value is -2.01. The summed E-state index contributed by atoms with van der Waals surface area (Å²) in [5.41, 5.74) is 1.86. The summed E-state index contributed by atoms with van der Waals surface area (Å²) >= 11 is 0. The molecule has 0 spiro atoms. The number of nitrogens with zero attached hydrogens (tertiary/aromatic N) is 1. The molecule has 1 aliphatic heterocycles. The smallest absolute Gasteiger partial charge is 0.264 e. The lowest BCUT2D eigenvalue weighted by atomic mass is 10.1. The van der Waals surface area contributed by atoms with E-state index in [1.54, 1.807) is 24.3 Å². The van der Waals surface area contributed by atoms with Gasteiger partial charge in [0.05, 0.1) is 17.2 Å². The second-order valence-electron chi connectivity index (χ2n) is 6.16. The predicted molar refractivity (Wildman–Crippen MR) is 96.1 cm³/mol. The van der Waals surface area contributed by atoms with Gasteiger partial charge in [0.2, 0.25) is 0 Å². The van der Waals surface area contributed by atoms with E-state index in [1.807, 2.05) is 31.2 Å². The van der Waals surface area contributed by atoms with Crippen molar-refractivity contribution in [3.8, 4) is 5.75 Å². The number of hydrogen-bond donors (Lipinski definition) is 0. The van der Waals surface area contributed by atoms with Gasteiger partial charge in [-0.1, -0.05) is 31.5 Å². The lowest BCUT2D eigenvalue weighted by Crippen LogP contribution is -2.35. The molecule has 0 amide bonds. The van der Waals surface area contributed by atoms with Gasteiger partial charge >= 0.3 is 0 Å². The number of sulfonamides is 1. The molecule has 5 heteroatoms. The average molecular weight is 345 g/mol. The number of rotatable bonds is 6. The molecular formula is C19H23NO3S. The molecule has 0 N–H and O–H groups in total. The maximum Gasteiger partial charge on any atom is 0.264 e. The summed E-state index contributed by atoms with van der Waals surface area (Å²) in [5.74, 6) is 0.706. The maximum absolute atomic E-state index is 13.1. The first-order valence-electron chi connectivity index (χ1n) is 8.39. The fourth-order valence-electron chi connectivity index (χ4n) is 3.06. The number of anilines is 1. The number of hydrogen-bond acceptors (Lipinski definition) is 3. The van der Waals surface area contributed by atoms with Crippen LogP contribution in [0.4, 0.5) is 5.69 Å². The van der Waals surface area contributed by atoms with Crippen LogP contribution in [0.15, 0.2) is 53.4 Å². The molecule has 1 atom stereocenters. The first kappa shape index (κ1) is 16.8. The molecular weight excluding hydrogens is 322 g/mol. The quantitative estimate of drug-likeness (QED) is 0.743. The van der Waals surface area contributed by atoms with Crippen LogP contribution in [-0.4, -0.2) is 21.1 Å². The molecule has 24 heavy (non-hydrogen) atoms. The number of unbranched alkanes of at least 4 members (excludes halogenated alkanes) is 1. The van der Waals surface area contributed by atoms with E-state index in [0.29, 0.717) is 17.3 Å². The summed E-state index contributed by atoms with van der Waals surface area (Å²) in [5, 5.41) is 0. The molecule has 2 aromatic rings. The zero-order valence-corrected chi connectivity index (χ0v) is 14.9. The van der Waals surface area contributed by atoms with Crippen molar-refractivity contribution in [1.82, 2.24) is 0 Å². The van der Waals surface area contributed by atoms with Gasteiger partial charge in [0.1, 0.15) is 5.75 Å². The van der Waals surface area contributed by atoms with E-state index in [1.165, 1.54) is 4.31 Å². The lowest BCUT2D eigenvalue weighted by molar-refractivity contribution is 0.309. The van der Waals surface area contributed by atoms with Crippen molar-refractivity contribution in [2.75, 3.05) is 10.9 Å². The Labute approximate surface area is 144 Å². The molecule has 2 aromatic carbocycles. The summed E-state index contributed by atoms with van der Waals surface area (Å²) in [4.78, 5) is 0.300. The van der Waals surface area contributed by atoms with E-state index in [-0.39, 0.29) is 6.04 Å². The second kappa shape index (κ2) is 6.85. The van der Waals surface area contributed by atoms with Crippen molar-refractivity contribution >= 4 is 15.7 Å². The van der Waals surface area contributed by atoms with Crippen LogP contribution < -0.4 is 9.04 Å². The van der Waals surface area contributed by atoms with Gasteiger partial charge < -0.3 is 4.74 Å². The summed E-state index contributed by atoms with van der Waals surface area (Å²) in [7, 11) is -3.57. The molecule has 0 fully saturated rings. The van der Waals surface area contributed by atoms with Gasteiger partial charge in [-0.2, -0.15) is 0 Å². The van der Waals surface area contributed by atoms with Gasteiger partial charge in [-0.3, -0.25) is 4.31 Å². The van der Waals surface area contributed by atoms with E-state index in [0.717, 1.165) is 30.5 Å². The monoisotopic (exact) mass is 345 g/mol. The van der Waals surface area contributed by atoms with E-state index in [9.17, 15) is 8.42 Å². The summed E-state index contributed by atoms with van der Waals surface area (Å²) in [6, 6.07) is 14.3. The minimum atomic E-state index is -3.57. The molecule has 0 saturated heterocycles. The lowest BCUT2D eigenvalue weighted by Gasteiger charge is -2.24. The Kier molecular flexibility index (Phi) is 4.81. The molecule has 4 nitrogen and oxygen atoms in total. The number of fused-ring (bicyclic) bond motifs is 1. The van der Waals surface area contributed by atoms with Gasteiger partial charge in [-0.05, 0) is 55.7 Å². The average Bonchev–Trinajstić information content (AvgIpc) is 2.92. The van der Waals surface area contributed by atoms with Crippen molar-refractivity contribution in [3.05, 3.63) is 54.1 Å². The van der Waals surface area contributed by atoms with Gasteiger partial charge in [0.25, 0.3) is 10.0 Å². The third-order valence-electron chi connectivity index (χ3n) is 4.29. The van der Waals surface area contributed by atoms with Crippen LogP contribution in [-0.2, 0) is 16.4 Å². The fourth-order valence-corrected chi connectivity index (χ4v) is 4.75. The molecule has 1 unspecified atom stereocenters. The zero-order chi connectivity index (χ0) is 17.2. The fraction of sp³-hybridized carbons (Fsp3) is 0.368. The Morgan fingerprint density at radius 2 is 1.83 bits per heavy atom. The highest BCUT2D eigenvalue weighted by Crippen LogP contribution is 2.36.